The monoisotopic (exact) mass is 277 g/mol. The van der Waals surface area contributed by atoms with Gasteiger partial charge in [-0.15, -0.1) is 0 Å². The molecule has 0 bridgehead atoms. The Bertz CT molecular complexity index is 245. The molecular formula is C11H20BrNO2. The first-order valence-electron chi connectivity index (χ1n) is 5.65. The minimum absolute atomic E-state index is 0.165. The van der Waals surface area contributed by atoms with E-state index in [9.17, 15) is 10.1 Å². The van der Waals surface area contributed by atoms with E-state index in [1.807, 2.05) is 0 Å². The van der Waals surface area contributed by atoms with E-state index in [-0.39, 0.29) is 4.92 Å². The van der Waals surface area contributed by atoms with E-state index in [2.05, 4.69) is 36.7 Å². The van der Waals surface area contributed by atoms with Crippen molar-refractivity contribution in [2.75, 3.05) is 0 Å². The molecule has 1 rings (SSSR count). The number of halogens is 1. The van der Waals surface area contributed by atoms with Crippen LogP contribution in [0.2, 0.25) is 0 Å². The number of hydrogen-bond acceptors (Lipinski definition) is 2. The lowest BCUT2D eigenvalue weighted by molar-refractivity contribution is -0.540. The third kappa shape index (κ3) is 2.71. The molecule has 0 unspecified atom stereocenters. The van der Waals surface area contributed by atoms with E-state index >= 15 is 0 Å². The number of rotatable bonds is 3. The van der Waals surface area contributed by atoms with Gasteiger partial charge in [0, 0.05) is 33.7 Å². The molecule has 0 spiro atoms. The fraction of sp³-hybridized carbons (Fsp3) is 1.00. The Labute approximate surface area is 99.9 Å². The minimum atomic E-state index is -0.840. The molecule has 0 N–H and O–H groups in total. The van der Waals surface area contributed by atoms with Gasteiger partial charge in [0.2, 0.25) is 0 Å². The van der Waals surface area contributed by atoms with Gasteiger partial charge in [-0.25, -0.2) is 0 Å². The zero-order valence-corrected chi connectivity index (χ0v) is 11.3. The molecule has 1 aliphatic carbocycles. The molecule has 1 aliphatic rings. The quantitative estimate of drug-likeness (QED) is 0.339. The van der Waals surface area contributed by atoms with E-state index in [4.69, 9.17) is 0 Å². The highest BCUT2D eigenvalue weighted by atomic mass is 79.9. The van der Waals surface area contributed by atoms with Crippen molar-refractivity contribution in [3.63, 3.8) is 0 Å². The first-order valence-corrected chi connectivity index (χ1v) is 6.44. The molecule has 1 fully saturated rings. The summed E-state index contributed by atoms with van der Waals surface area (Å²) in [6.07, 6.45) is 4.40. The summed E-state index contributed by atoms with van der Waals surface area (Å²) < 4.78 is -0.840. The second-order valence-electron chi connectivity index (χ2n) is 5.29. The summed E-state index contributed by atoms with van der Waals surface area (Å²) >= 11 is 3.28. The van der Waals surface area contributed by atoms with Crippen LogP contribution in [-0.4, -0.2) is 9.37 Å². The summed E-state index contributed by atoms with van der Waals surface area (Å²) in [7, 11) is 0. The van der Waals surface area contributed by atoms with Crippen molar-refractivity contribution in [1.82, 2.24) is 0 Å². The van der Waals surface area contributed by atoms with Crippen molar-refractivity contribution in [3.8, 4) is 0 Å². The van der Waals surface area contributed by atoms with Crippen LogP contribution < -0.4 is 0 Å². The zero-order valence-electron chi connectivity index (χ0n) is 9.75. The van der Waals surface area contributed by atoms with Gasteiger partial charge in [-0.1, -0.05) is 27.2 Å². The molecule has 3 nitrogen and oxygen atoms in total. The lowest BCUT2D eigenvalue weighted by atomic mass is 9.69. The summed E-state index contributed by atoms with van der Waals surface area (Å²) in [5.74, 6) is 0.633. The van der Waals surface area contributed by atoms with E-state index < -0.39 is 4.45 Å². The number of nitro groups is 1. The molecule has 0 aromatic carbocycles. The summed E-state index contributed by atoms with van der Waals surface area (Å²) in [5, 5.41) is 10.9. The maximum absolute atomic E-state index is 10.9. The molecule has 15 heavy (non-hydrogen) atoms. The molecular weight excluding hydrogens is 258 g/mol. The lowest BCUT2D eigenvalue weighted by Crippen LogP contribution is -2.39. The largest absolute Gasteiger partial charge is 0.274 e. The van der Waals surface area contributed by atoms with Crippen LogP contribution in [0.5, 0.6) is 0 Å². The highest BCUT2D eigenvalue weighted by molar-refractivity contribution is 9.10. The molecule has 1 saturated carbocycles. The summed E-state index contributed by atoms with van der Waals surface area (Å²) in [6.45, 7) is 6.74. The first kappa shape index (κ1) is 12.9. The molecule has 0 aliphatic heterocycles. The Morgan fingerprint density at radius 1 is 1.47 bits per heavy atom. The van der Waals surface area contributed by atoms with Gasteiger partial charge in [0.05, 0.1) is 0 Å². The maximum atomic E-state index is 10.9. The Morgan fingerprint density at radius 3 is 2.27 bits per heavy atom. The van der Waals surface area contributed by atoms with Gasteiger partial charge in [0.25, 0.3) is 4.45 Å². The van der Waals surface area contributed by atoms with Crippen LogP contribution in [0.1, 0.15) is 52.9 Å². The molecule has 0 atom stereocenters. The molecule has 0 amide bonds. The van der Waals surface area contributed by atoms with E-state index in [1.54, 1.807) is 0 Å². The van der Waals surface area contributed by atoms with Crippen LogP contribution in [0.15, 0.2) is 0 Å². The van der Waals surface area contributed by atoms with Crippen LogP contribution in [0.25, 0.3) is 0 Å². The minimum Gasteiger partial charge on any atom is -0.263 e. The van der Waals surface area contributed by atoms with Crippen molar-refractivity contribution >= 4 is 15.9 Å². The van der Waals surface area contributed by atoms with Crippen molar-refractivity contribution in [2.24, 2.45) is 11.3 Å². The average Bonchev–Trinajstić information content (AvgIpc) is 2.18. The van der Waals surface area contributed by atoms with E-state index in [0.717, 1.165) is 19.3 Å². The van der Waals surface area contributed by atoms with Crippen molar-refractivity contribution in [3.05, 3.63) is 10.1 Å². The van der Waals surface area contributed by atoms with Crippen LogP contribution >= 0.6 is 15.9 Å². The Kier molecular flexibility index (Phi) is 3.80. The second-order valence-corrected chi connectivity index (χ2v) is 6.77. The van der Waals surface area contributed by atoms with Gasteiger partial charge in [0.15, 0.2) is 0 Å². The Hall–Kier alpha value is -0.120. The molecule has 4 heteroatoms. The molecule has 0 saturated heterocycles. The third-order valence-corrected chi connectivity index (χ3v) is 5.18. The number of nitrogens with zero attached hydrogens (tertiary/aromatic N) is 1. The highest BCUT2D eigenvalue weighted by Crippen LogP contribution is 2.46. The third-order valence-electron chi connectivity index (χ3n) is 4.10. The SMILES string of the molecule is CCC(C)(C)C1CCC(Br)([N+](=O)[O-])CC1. The fourth-order valence-corrected chi connectivity index (χ4v) is 2.77. The first-order chi connectivity index (χ1) is 6.82. The Morgan fingerprint density at radius 2 is 1.93 bits per heavy atom. The summed E-state index contributed by atoms with van der Waals surface area (Å²) in [4.78, 5) is 10.7. The molecule has 88 valence electrons. The molecule has 0 aromatic heterocycles. The number of alkyl halides is 1. The highest BCUT2D eigenvalue weighted by Gasteiger charge is 2.45. The van der Waals surface area contributed by atoms with Crippen LogP contribution in [0.3, 0.4) is 0 Å². The number of hydrogen-bond donors (Lipinski definition) is 0. The lowest BCUT2D eigenvalue weighted by Gasteiger charge is -2.38. The van der Waals surface area contributed by atoms with Gasteiger partial charge in [-0.3, -0.25) is 10.1 Å². The van der Waals surface area contributed by atoms with Crippen LogP contribution in [0.4, 0.5) is 0 Å². The van der Waals surface area contributed by atoms with Crippen molar-refractivity contribution in [2.45, 2.75) is 57.3 Å². The van der Waals surface area contributed by atoms with E-state index in [1.165, 1.54) is 0 Å². The maximum Gasteiger partial charge on any atom is 0.274 e. The van der Waals surface area contributed by atoms with Gasteiger partial charge < -0.3 is 0 Å². The Balaban J connectivity index is 2.60. The summed E-state index contributed by atoms with van der Waals surface area (Å²) in [6, 6.07) is 0. The normalized spacial score (nSPS) is 32.7. The van der Waals surface area contributed by atoms with Gasteiger partial charge in [-0.2, -0.15) is 0 Å². The average molecular weight is 278 g/mol. The molecule has 0 heterocycles. The van der Waals surface area contributed by atoms with Gasteiger partial charge >= 0.3 is 0 Å². The van der Waals surface area contributed by atoms with Crippen LogP contribution in [-0.2, 0) is 0 Å². The zero-order chi connectivity index (χ0) is 11.7. The second kappa shape index (κ2) is 4.40. The molecule has 0 radical (unpaired) electrons. The standard InChI is InChI=1S/C11H20BrNO2/c1-4-10(2,3)9-5-7-11(12,8-6-9)13(14)15/h9H,4-8H2,1-3H3. The predicted molar refractivity (Wildman–Crippen MR) is 64.7 cm³/mol. The van der Waals surface area contributed by atoms with E-state index in [0.29, 0.717) is 24.2 Å². The van der Waals surface area contributed by atoms with Crippen LogP contribution in [0, 0.1) is 21.4 Å². The fourth-order valence-electron chi connectivity index (χ4n) is 2.31. The van der Waals surface area contributed by atoms with Crippen molar-refractivity contribution < 1.29 is 4.92 Å². The molecule has 0 aromatic rings. The van der Waals surface area contributed by atoms with Crippen molar-refractivity contribution in [1.29, 1.82) is 0 Å². The smallest absolute Gasteiger partial charge is 0.263 e. The predicted octanol–water partition coefficient (Wildman–Crippen LogP) is 3.98. The van der Waals surface area contributed by atoms with Gasteiger partial charge in [0.1, 0.15) is 0 Å². The van der Waals surface area contributed by atoms with Gasteiger partial charge in [-0.05, 0) is 24.2 Å². The topological polar surface area (TPSA) is 43.1 Å². The summed E-state index contributed by atoms with van der Waals surface area (Å²) in [5.41, 5.74) is 0.324.